The number of amides is 1. The highest BCUT2D eigenvalue weighted by atomic mass is 32.2. The predicted molar refractivity (Wildman–Crippen MR) is 94.0 cm³/mol. The molecule has 0 aliphatic heterocycles. The second-order valence-electron chi connectivity index (χ2n) is 6.16. The van der Waals surface area contributed by atoms with Crippen LogP contribution in [0.5, 0.6) is 0 Å². The zero-order chi connectivity index (χ0) is 16.5. The van der Waals surface area contributed by atoms with Crippen molar-refractivity contribution < 1.29 is 13.7 Å². The fourth-order valence-corrected chi connectivity index (χ4v) is 3.54. The Morgan fingerprint density at radius 2 is 2.09 bits per heavy atom. The molecule has 1 N–H and O–H groups in total. The fourth-order valence-electron chi connectivity index (χ4n) is 2.90. The van der Waals surface area contributed by atoms with Gasteiger partial charge in [-0.05, 0) is 37.0 Å². The lowest BCUT2D eigenvalue weighted by Crippen LogP contribution is -2.26. The van der Waals surface area contributed by atoms with Crippen LogP contribution in [0.15, 0.2) is 24.3 Å². The molecule has 5 heteroatoms. The summed E-state index contributed by atoms with van der Waals surface area (Å²) >= 11 is 0. The van der Waals surface area contributed by atoms with Crippen molar-refractivity contribution in [2.24, 2.45) is 0 Å². The van der Waals surface area contributed by atoms with Gasteiger partial charge in [0.2, 0.25) is 0 Å². The molecule has 1 aliphatic rings. The van der Waals surface area contributed by atoms with Gasteiger partial charge in [-0.2, -0.15) is 0 Å². The van der Waals surface area contributed by atoms with Crippen LogP contribution >= 0.6 is 0 Å². The first-order valence-corrected chi connectivity index (χ1v) is 10.2. The molecule has 0 bridgehead atoms. The lowest BCUT2D eigenvalue weighted by atomic mass is 9.98. The molecule has 0 saturated heterocycles. The van der Waals surface area contributed by atoms with Gasteiger partial charge in [0.05, 0.1) is 6.10 Å². The van der Waals surface area contributed by atoms with Gasteiger partial charge < -0.3 is 10.1 Å². The van der Waals surface area contributed by atoms with Crippen LogP contribution in [-0.4, -0.2) is 35.6 Å². The lowest BCUT2D eigenvalue weighted by molar-refractivity contribution is 0.0273. The van der Waals surface area contributed by atoms with Gasteiger partial charge in [-0.15, -0.1) is 0 Å². The second-order valence-corrected chi connectivity index (χ2v) is 7.59. The van der Waals surface area contributed by atoms with Crippen LogP contribution in [0, 0.1) is 0 Å². The van der Waals surface area contributed by atoms with E-state index in [-0.39, 0.29) is 5.91 Å². The van der Waals surface area contributed by atoms with Crippen molar-refractivity contribution in [2.45, 2.75) is 50.4 Å². The van der Waals surface area contributed by atoms with Crippen LogP contribution in [0.4, 0.5) is 0 Å². The molecule has 1 fully saturated rings. The van der Waals surface area contributed by atoms with Gasteiger partial charge in [-0.25, -0.2) is 0 Å². The molecule has 1 atom stereocenters. The van der Waals surface area contributed by atoms with E-state index in [9.17, 15) is 9.00 Å². The third kappa shape index (κ3) is 6.83. The largest absolute Gasteiger partial charge is 0.378 e. The van der Waals surface area contributed by atoms with Crippen LogP contribution in [-0.2, 0) is 21.3 Å². The number of nitrogens with one attached hydrogen (secondary N) is 1. The second kappa shape index (κ2) is 9.83. The summed E-state index contributed by atoms with van der Waals surface area (Å²) in [6.07, 6.45) is 9.17. The normalized spacial score (nSPS) is 16.9. The summed E-state index contributed by atoms with van der Waals surface area (Å²) in [6, 6.07) is 7.34. The number of rotatable bonds is 8. The Balaban J connectivity index is 1.67. The van der Waals surface area contributed by atoms with E-state index < -0.39 is 10.8 Å². The van der Waals surface area contributed by atoms with Gasteiger partial charge in [-0.3, -0.25) is 9.00 Å². The topological polar surface area (TPSA) is 55.4 Å². The maximum Gasteiger partial charge on any atom is 0.251 e. The molecular formula is C18H27NO3S. The van der Waals surface area contributed by atoms with Crippen molar-refractivity contribution >= 4 is 16.7 Å². The van der Waals surface area contributed by atoms with Crippen LogP contribution in [0.1, 0.15) is 54.4 Å². The number of ether oxygens (including phenoxy) is 1. The molecule has 0 radical (unpaired) electrons. The van der Waals surface area contributed by atoms with Gasteiger partial charge in [0.25, 0.3) is 5.91 Å². The molecule has 23 heavy (non-hydrogen) atoms. The van der Waals surface area contributed by atoms with Gasteiger partial charge >= 0.3 is 0 Å². The van der Waals surface area contributed by atoms with Crippen LogP contribution in [0.2, 0.25) is 0 Å². The van der Waals surface area contributed by atoms with Gasteiger partial charge in [0.1, 0.15) is 0 Å². The highest BCUT2D eigenvalue weighted by molar-refractivity contribution is 7.83. The van der Waals surface area contributed by atoms with E-state index in [0.29, 0.717) is 30.6 Å². The minimum absolute atomic E-state index is 0.0774. The third-order valence-electron chi connectivity index (χ3n) is 4.07. The average molecular weight is 337 g/mol. The fraction of sp³-hybridized carbons (Fsp3) is 0.611. The van der Waals surface area contributed by atoms with E-state index in [2.05, 4.69) is 5.32 Å². The van der Waals surface area contributed by atoms with E-state index in [1.54, 1.807) is 12.3 Å². The monoisotopic (exact) mass is 337 g/mol. The maximum atomic E-state index is 12.1. The Kier molecular flexibility index (Phi) is 7.76. The summed E-state index contributed by atoms with van der Waals surface area (Å²) in [5, 5.41) is 2.92. The van der Waals surface area contributed by atoms with Crippen LogP contribution in [0.3, 0.4) is 0 Å². The van der Waals surface area contributed by atoms with Crippen molar-refractivity contribution in [3.63, 3.8) is 0 Å². The summed E-state index contributed by atoms with van der Waals surface area (Å²) in [6.45, 7) is 1.33. The zero-order valence-electron chi connectivity index (χ0n) is 13.9. The summed E-state index contributed by atoms with van der Waals surface area (Å²) < 4.78 is 17.1. The first-order chi connectivity index (χ1) is 11.1. The van der Waals surface area contributed by atoms with Crippen LogP contribution in [0.25, 0.3) is 0 Å². The van der Waals surface area contributed by atoms with E-state index in [1.807, 2.05) is 18.2 Å². The van der Waals surface area contributed by atoms with E-state index in [4.69, 9.17) is 4.74 Å². The summed E-state index contributed by atoms with van der Waals surface area (Å²) in [4.78, 5) is 12.1. The third-order valence-corrected chi connectivity index (χ3v) is 4.81. The van der Waals surface area contributed by atoms with Crippen molar-refractivity contribution in [1.82, 2.24) is 5.32 Å². The summed E-state index contributed by atoms with van der Waals surface area (Å²) in [7, 11) is -0.897. The molecule has 4 nitrogen and oxygen atoms in total. The summed E-state index contributed by atoms with van der Waals surface area (Å²) in [5.74, 6) is 0.405. The molecule has 1 aliphatic carbocycles. The molecule has 0 spiro atoms. The van der Waals surface area contributed by atoms with Crippen molar-refractivity contribution in [1.29, 1.82) is 0 Å². The van der Waals surface area contributed by atoms with Crippen molar-refractivity contribution in [2.75, 3.05) is 19.4 Å². The molecule has 1 saturated carbocycles. The minimum atomic E-state index is -0.897. The highest BCUT2D eigenvalue weighted by Gasteiger charge is 2.13. The SMILES string of the molecule is CS(=O)Cc1cccc(C(=O)NCCCOC2CCCCC2)c1. The minimum Gasteiger partial charge on any atom is -0.378 e. The highest BCUT2D eigenvalue weighted by Crippen LogP contribution is 2.20. The summed E-state index contributed by atoms with van der Waals surface area (Å²) in [5.41, 5.74) is 1.56. The Hall–Kier alpha value is -1.20. The van der Waals surface area contributed by atoms with Gasteiger partial charge in [-0.1, -0.05) is 31.4 Å². The molecule has 1 unspecified atom stereocenters. The Morgan fingerprint density at radius 3 is 2.83 bits per heavy atom. The molecule has 128 valence electrons. The maximum absolute atomic E-state index is 12.1. The zero-order valence-corrected chi connectivity index (χ0v) is 14.7. The Labute approximate surface area is 141 Å². The molecule has 0 heterocycles. The first kappa shape index (κ1) is 18.1. The number of carbonyl (C=O) groups excluding carboxylic acids is 1. The average Bonchev–Trinajstić information content (AvgIpc) is 2.55. The lowest BCUT2D eigenvalue weighted by Gasteiger charge is -2.21. The quantitative estimate of drug-likeness (QED) is 0.742. The Bertz CT molecular complexity index is 527. The number of benzene rings is 1. The van der Waals surface area contributed by atoms with Gasteiger partial charge in [0.15, 0.2) is 0 Å². The molecule has 1 aromatic rings. The Morgan fingerprint density at radius 1 is 1.30 bits per heavy atom. The smallest absolute Gasteiger partial charge is 0.251 e. The van der Waals surface area contributed by atoms with Gasteiger partial charge in [0, 0.05) is 41.5 Å². The van der Waals surface area contributed by atoms with E-state index in [1.165, 1.54) is 32.1 Å². The predicted octanol–water partition coefficient (Wildman–Crippen LogP) is 3.03. The first-order valence-electron chi connectivity index (χ1n) is 8.44. The molecular weight excluding hydrogens is 310 g/mol. The van der Waals surface area contributed by atoms with E-state index >= 15 is 0 Å². The number of hydrogen-bond acceptors (Lipinski definition) is 3. The number of carbonyl (C=O) groups is 1. The molecule has 1 amide bonds. The molecule has 0 aromatic heterocycles. The van der Waals surface area contributed by atoms with E-state index in [0.717, 1.165) is 12.0 Å². The van der Waals surface area contributed by atoms with Crippen molar-refractivity contribution in [3.8, 4) is 0 Å². The van der Waals surface area contributed by atoms with Crippen LogP contribution < -0.4 is 5.32 Å². The standard InChI is InChI=1S/C18H27NO3S/c1-23(21)14-15-7-5-8-16(13-15)18(20)19-11-6-12-22-17-9-3-2-4-10-17/h5,7-8,13,17H,2-4,6,9-12,14H2,1H3,(H,19,20). The molecule has 2 rings (SSSR count). The van der Waals surface area contributed by atoms with Crippen molar-refractivity contribution in [3.05, 3.63) is 35.4 Å². The number of hydrogen-bond donors (Lipinski definition) is 1. The molecule has 1 aromatic carbocycles.